The summed E-state index contributed by atoms with van der Waals surface area (Å²) >= 11 is 12.4. The van der Waals surface area contributed by atoms with Crippen molar-refractivity contribution < 1.29 is 9.59 Å². The first-order valence-electron chi connectivity index (χ1n) is 11.7. The van der Waals surface area contributed by atoms with E-state index in [-0.39, 0.29) is 18.2 Å². The highest BCUT2D eigenvalue weighted by molar-refractivity contribution is 6.35. The highest BCUT2D eigenvalue weighted by Crippen LogP contribution is 2.24. The maximum Gasteiger partial charge on any atom is 0.243 e. The fourth-order valence-corrected chi connectivity index (χ4v) is 4.42. The zero-order valence-corrected chi connectivity index (χ0v) is 22.2. The van der Waals surface area contributed by atoms with Gasteiger partial charge in [-0.05, 0) is 56.5 Å². The van der Waals surface area contributed by atoms with Gasteiger partial charge in [-0.3, -0.25) is 9.59 Å². The minimum atomic E-state index is -0.698. The zero-order valence-electron chi connectivity index (χ0n) is 20.6. The van der Waals surface area contributed by atoms with Gasteiger partial charge in [0.1, 0.15) is 6.04 Å². The van der Waals surface area contributed by atoms with E-state index in [1.54, 1.807) is 23.1 Å². The molecule has 184 valence electrons. The van der Waals surface area contributed by atoms with E-state index in [0.717, 1.165) is 16.7 Å². The fraction of sp³-hybridized carbons (Fsp3) is 0.310. The predicted molar refractivity (Wildman–Crippen MR) is 144 cm³/mol. The smallest absolute Gasteiger partial charge is 0.243 e. The molecule has 0 saturated heterocycles. The van der Waals surface area contributed by atoms with Gasteiger partial charge in [0.25, 0.3) is 0 Å². The predicted octanol–water partition coefficient (Wildman–Crippen LogP) is 6.40. The summed E-state index contributed by atoms with van der Waals surface area (Å²) in [4.78, 5) is 29.1. The number of hydrogen-bond acceptors (Lipinski definition) is 2. The van der Waals surface area contributed by atoms with Crippen LogP contribution in [0.3, 0.4) is 0 Å². The molecule has 0 bridgehead atoms. The van der Waals surface area contributed by atoms with E-state index in [2.05, 4.69) is 5.32 Å². The molecule has 0 fully saturated rings. The molecule has 6 heteroatoms. The van der Waals surface area contributed by atoms with Crippen LogP contribution in [0.5, 0.6) is 0 Å². The third kappa shape index (κ3) is 8.12. The Labute approximate surface area is 218 Å². The number of aryl methyl sites for hydroxylation is 1. The lowest BCUT2D eigenvalue weighted by Gasteiger charge is -2.34. The molecule has 0 heterocycles. The Hall–Kier alpha value is -2.82. The molecule has 0 unspecified atom stereocenters. The molecule has 3 rings (SSSR count). The van der Waals surface area contributed by atoms with Crippen LogP contribution in [0.2, 0.25) is 10.0 Å². The van der Waals surface area contributed by atoms with E-state index >= 15 is 0 Å². The third-order valence-corrected chi connectivity index (χ3v) is 6.15. The Morgan fingerprint density at radius 1 is 0.914 bits per heavy atom. The van der Waals surface area contributed by atoms with Gasteiger partial charge in [0.2, 0.25) is 11.8 Å². The summed E-state index contributed by atoms with van der Waals surface area (Å²) in [5.74, 6) is -0.370. The van der Waals surface area contributed by atoms with Crippen molar-refractivity contribution in [2.75, 3.05) is 0 Å². The van der Waals surface area contributed by atoms with Gasteiger partial charge in [0.15, 0.2) is 0 Å². The van der Waals surface area contributed by atoms with Gasteiger partial charge in [-0.1, -0.05) is 89.4 Å². The van der Waals surface area contributed by atoms with Gasteiger partial charge < -0.3 is 10.2 Å². The molecule has 0 spiro atoms. The topological polar surface area (TPSA) is 49.4 Å². The second-order valence-electron chi connectivity index (χ2n) is 9.87. The maximum atomic E-state index is 13.8. The van der Waals surface area contributed by atoms with Gasteiger partial charge in [-0.15, -0.1) is 0 Å². The van der Waals surface area contributed by atoms with E-state index in [4.69, 9.17) is 23.2 Å². The van der Waals surface area contributed by atoms with Crippen molar-refractivity contribution in [3.8, 4) is 0 Å². The van der Waals surface area contributed by atoms with Crippen LogP contribution in [-0.2, 0) is 29.0 Å². The average molecular weight is 511 g/mol. The molecule has 0 aliphatic heterocycles. The number of nitrogens with one attached hydrogen (secondary N) is 1. The lowest BCUT2D eigenvalue weighted by atomic mass is 9.99. The number of amides is 2. The van der Waals surface area contributed by atoms with Crippen LogP contribution in [0, 0.1) is 6.92 Å². The van der Waals surface area contributed by atoms with E-state index in [0.29, 0.717) is 28.6 Å². The fourth-order valence-electron chi connectivity index (χ4n) is 3.94. The van der Waals surface area contributed by atoms with Crippen LogP contribution >= 0.6 is 23.2 Å². The van der Waals surface area contributed by atoms with E-state index in [9.17, 15) is 9.59 Å². The molecule has 1 N–H and O–H groups in total. The van der Waals surface area contributed by atoms with Gasteiger partial charge in [0, 0.05) is 28.5 Å². The Balaban J connectivity index is 2.01. The molecule has 0 aliphatic carbocycles. The van der Waals surface area contributed by atoms with Crippen molar-refractivity contribution >= 4 is 35.0 Å². The minimum absolute atomic E-state index is 0.0654. The highest BCUT2D eigenvalue weighted by Gasteiger charge is 2.32. The summed E-state index contributed by atoms with van der Waals surface area (Å²) in [6.07, 6.45) is 0.463. The van der Waals surface area contributed by atoms with E-state index < -0.39 is 11.6 Å². The molecule has 2 amide bonds. The third-order valence-electron chi connectivity index (χ3n) is 5.56. The summed E-state index contributed by atoms with van der Waals surface area (Å²) in [6.45, 7) is 8.12. The SMILES string of the molecule is Cc1cccc(CN(C(=O)Cc2ccc(Cl)cc2Cl)[C@@H](Cc2ccccc2)C(=O)NC(C)(C)C)c1. The monoisotopic (exact) mass is 510 g/mol. The van der Waals surface area contributed by atoms with Crippen molar-refractivity contribution in [3.05, 3.63) is 105 Å². The normalized spacial score (nSPS) is 12.2. The van der Waals surface area contributed by atoms with Crippen molar-refractivity contribution in [1.29, 1.82) is 0 Å². The van der Waals surface area contributed by atoms with Crippen molar-refractivity contribution in [3.63, 3.8) is 0 Å². The maximum absolute atomic E-state index is 13.8. The van der Waals surface area contributed by atoms with Crippen LogP contribution in [0.25, 0.3) is 0 Å². The molecule has 35 heavy (non-hydrogen) atoms. The summed E-state index contributed by atoms with van der Waals surface area (Å²) in [5, 5.41) is 4.02. The van der Waals surface area contributed by atoms with Crippen LogP contribution in [-0.4, -0.2) is 28.3 Å². The summed E-state index contributed by atoms with van der Waals surface area (Å²) < 4.78 is 0. The van der Waals surface area contributed by atoms with Crippen molar-refractivity contribution in [1.82, 2.24) is 10.2 Å². The largest absolute Gasteiger partial charge is 0.350 e. The summed E-state index contributed by atoms with van der Waals surface area (Å²) in [5.41, 5.74) is 3.26. The number of carbonyl (C=O) groups is 2. The van der Waals surface area contributed by atoms with Crippen LogP contribution in [0.15, 0.2) is 72.8 Å². The first kappa shape index (κ1) is 26.8. The molecule has 3 aromatic rings. The second kappa shape index (κ2) is 11.7. The molecule has 4 nitrogen and oxygen atoms in total. The van der Waals surface area contributed by atoms with Crippen molar-refractivity contribution in [2.24, 2.45) is 0 Å². The molecular weight excluding hydrogens is 479 g/mol. The van der Waals surface area contributed by atoms with Gasteiger partial charge in [-0.2, -0.15) is 0 Å². The first-order chi connectivity index (χ1) is 16.5. The number of hydrogen-bond donors (Lipinski definition) is 1. The minimum Gasteiger partial charge on any atom is -0.350 e. The second-order valence-corrected chi connectivity index (χ2v) is 10.7. The Morgan fingerprint density at radius 3 is 2.23 bits per heavy atom. The molecule has 0 radical (unpaired) electrons. The van der Waals surface area contributed by atoms with Gasteiger partial charge in [-0.25, -0.2) is 0 Å². The van der Waals surface area contributed by atoms with Crippen LogP contribution in [0.4, 0.5) is 0 Å². The molecular formula is C29H32Cl2N2O2. The summed E-state index contributed by atoms with van der Waals surface area (Å²) in [7, 11) is 0. The number of rotatable bonds is 8. The molecule has 0 saturated carbocycles. The molecule has 1 atom stereocenters. The average Bonchev–Trinajstić information content (AvgIpc) is 2.77. The lowest BCUT2D eigenvalue weighted by Crippen LogP contribution is -2.54. The highest BCUT2D eigenvalue weighted by atomic mass is 35.5. The Bertz CT molecular complexity index is 1170. The Kier molecular flexibility index (Phi) is 8.98. The molecule has 0 aliphatic rings. The Morgan fingerprint density at radius 2 is 1.60 bits per heavy atom. The number of halogens is 2. The zero-order chi connectivity index (χ0) is 25.6. The number of nitrogens with zero attached hydrogens (tertiary/aromatic N) is 1. The molecule has 3 aromatic carbocycles. The van der Waals surface area contributed by atoms with Crippen LogP contribution < -0.4 is 5.32 Å². The number of benzene rings is 3. The van der Waals surface area contributed by atoms with Gasteiger partial charge >= 0.3 is 0 Å². The van der Waals surface area contributed by atoms with Crippen LogP contribution in [0.1, 0.15) is 43.0 Å². The van der Waals surface area contributed by atoms with E-state index in [1.165, 1.54) is 0 Å². The van der Waals surface area contributed by atoms with Gasteiger partial charge in [0.05, 0.1) is 6.42 Å². The molecule has 0 aromatic heterocycles. The lowest BCUT2D eigenvalue weighted by molar-refractivity contribution is -0.141. The number of carbonyl (C=O) groups excluding carboxylic acids is 2. The standard InChI is InChI=1S/C29H32Cl2N2O2/c1-20-9-8-12-22(15-20)19-33(27(34)17-23-13-14-24(30)18-25(23)31)26(28(35)32-29(2,3)4)16-21-10-6-5-7-11-21/h5-15,18,26H,16-17,19H2,1-4H3,(H,32,35)/t26-/m0/s1. The quantitative estimate of drug-likeness (QED) is 0.381. The first-order valence-corrected chi connectivity index (χ1v) is 12.4. The van der Waals surface area contributed by atoms with E-state index in [1.807, 2.05) is 82.3 Å². The summed E-state index contributed by atoms with van der Waals surface area (Å²) in [6, 6.07) is 22.2. The van der Waals surface area contributed by atoms with Crippen molar-refractivity contribution in [2.45, 2.75) is 58.7 Å².